The van der Waals surface area contributed by atoms with Crippen LogP contribution in [0.1, 0.15) is 60.8 Å². The predicted molar refractivity (Wildman–Crippen MR) is 196 cm³/mol. The van der Waals surface area contributed by atoms with Crippen LogP contribution in [-0.4, -0.2) is 64.3 Å². The molecular formula is C41H44N4O5. The van der Waals surface area contributed by atoms with Crippen LogP contribution in [0.4, 0.5) is 11.4 Å². The van der Waals surface area contributed by atoms with Gasteiger partial charge in [0.15, 0.2) is 0 Å². The van der Waals surface area contributed by atoms with Gasteiger partial charge in [0.25, 0.3) is 0 Å². The van der Waals surface area contributed by atoms with Gasteiger partial charge in [-0.15, -0.1) is 0 Å². The molecule has 5 aromatic rings. The number of aliphatic hydroxyl groups is 1. The van der Waals surface area contributed by atoms with Gasteiger partial charge in [0.05, 0.1) is 11.8 Å². The van der Waals surface area contributed by atoms with Crippen molar-refractivity contribution in [3.63, 3.8) is 0 Å². The van der Waals surface area contributed by atoms with Gasteiger partial charge in [0.2, 0.25) is 6.41 Å². The van der Waals surface area contributed by atoms with E-state index in [2.05, 4.69) is 75.8 Å². The summed E-state index contributed by atoms with van der Waals surface area (Å²) in [5.41, 5.74) is 7.28. The number of aryl methyl sites for hydroxylation is 1. The Morgan fingerprint density at radius 3 is 2.40 bits per heavy atom. The van der Waals surface area contributed by atoms with Gasteiger partial charge < -0.3 is 35.1 Å². The number of anilines is 2. The normalized spacial score (nSPS) is 17.7. The molecule has 1 fully saturated rings. The zero-order valence-corrected chi connectivity index (χ0v) is 28.3. The highest BCUT2D eigenvalue weighted by atomic mass is 16.5. The van der Waals surface area contributed by atoms with Crippen LogP contribution in [0.5, 0.6) is 5.75 Å². The van der Waals surface area contributed by atoms with Crippen LogP contribution in [0.3, 0.4) is 0 Å². The van der Waals surface area contributed by atoms with Crippen molar-refractivity contribution < 1.29 is 24.5 Å². The third kappa shape index (κ3) is 6.97. The molecule has 1 aromatic heterocycles. The summed E-state index contributed by atoms with van der Waals surface area (Å²) in [5.74, 6) is -0.527. The van der Waals surface area contributed by atoms with E-state index in [1.807, 2.05) is 30.3 Å². The van der Waals surface area contributed by atoms with E-state index in [4.69, 9.17) is 4.74 Å². The van der Waals surface area contributed by atoms with Crippen LogP contribution >= 0.6 is 0 Å². The average Bonchev–Trinajstić information content (AvgIpc) is 3.70. The van der Waals surface area contributed by atoms with E-state index in [0.717, 1.165) is 84.0 Å². The highest BCUT2D eigenvalue weighted by molar-refractivity contribution is 5.93. The summed E-state index contributed by atoms with van der Waals surface area (Å²) in [5, 5.41) is 27.4. The van der Waals surface area contributed by atoms with E-state index in [-0.39, 0.29) is 36.0 Å². The molecule has 1 atom stereocenters. The molecule has 0 bridgehead atoms. The Kier molecular flexibility index (Phi) is 9.87. The predicted octanol–water partition coefficient (Wildman–Crippen LogP) is 7.05. The molecule has 0 unspecified atom stereocenters. The van der Waals surface area contributed by atoms with Crippen molar-refractivity contribution in [2.75, 3.05) is 30.8 Å². The Morgan fingerprint density at radius 1 is 0.960 bits per heavy atom. The molecule has 9 nitrogen and oxygen atoms in total. The lowest BCUT2D eigenvalue weighted by molar-refractivity contribution is -0.151. The van der Waals surface area contributed by atoms with Crippen molar-refractivity contribution in [3.8, 4) is 16.9 Å². The number of aromatic hydroxyl groups is 1. The first kappa shape index (κ1) is 33.4. The van der Waals surface area contributed by atoms with Gasteiger partial charge in [-0.2, -0.15) is 0 Å². The standard InChI is InChI=1S/C41H44N4O5/c1-44(30-13-15-31(16-14-30)50-41(49)40-34-9-4-2-7-32(34)33-8-3-5-10-35(33)40)20-6-21-45-22-19-27-23-29(12-17-37(27)45)42-25-39(48)28-11-18-38(47)36(24-28)43-26-46/h2-5,7-12,17-19,22-24,26,30-31,39-40,42,47-48H,6,13-16,20-21,25H2,1H3,(H,43,46)/t30?,31?,39-/m0/s1. The Labute approximate surface area is 292 Å². The monoisotopic (exact) mass is 672 g/mol. The van der Waals surface area contributed by atoms with Gasteiger partial charge in [-0.05, 0) is 110 Å². The van der Waals surface area contributed by atoms with Crippen LogP contribution in [0.25, 0.3) is 22.0 Å². The quantitative estimate of drug-likeness (QED) is 0.0602. The molecule has 50 heavy (non-hydrogen) atoms. The van der Waals surface area contributed by atoms with Crippen LogP contribution in [0.15, 0.2) is 97.2 Å². The molecule has 7 rings (SSSR count). The molecule has 2 aliphatic carbocycles. The topological polar surface area (TPSA) is 116 Å². The first-order chi connectivity index (χ1) is 24.4. The summed E-state index contributed by atoms with van der Waals surface area (Å²) in [7, 11) is 2.21. The van der Waals surface area contributed by atoms with E-state index in [9.17, 15) is 19.8 Å². The second kappa shape index (κ2) is 14.8. The molecule has 258 valence electrons. The van der Waals surface area contributed by atoms with Crippen LogP contribution < -0.4 is 10.6 Å². The molecular weight excluding hydrogens is 628 g/mol. The van der Waals surface area contributed by atoms with Crippen molar-refractivity contribution in [1.29, 1.82) is 0 Å². The van der Waals surface area contributed by atoms with Gasteiger partial charge in [0, 0.05) is 41.9 Å². The van der Waals surface area contributed by atoms with E-state index >= 15 is 0 Å². The molecule has 0 radical (unpaired) electrons. The first-order valence-corrected chi connectivity index (χ1v) is 17.5. The second-order valence-corrected chi connectivity index (χ2v) is 13.5. The molecule has 2 aliphatic rings. The summed E-state index contributed by atoms with van der Waals surface area (Å²) in [6.45, 7) is 2.18. The molecule has 1 heterocycles. The summed E-state index contributed by atoms with van der Waals surface area (Å²) in [6.07, 6.45) is 6.61. The molecule has 0 spiro atoms. The highest BCUT2D eigenvalue weighted by Crippen LogP contribution is 2.45. The number of carbonyl (C=O) groups excluding carboxylic acids is 2. The van der Waals surface area contributed by atoms with Crippen molar-refractivity contribution in [2.24, 2.45) is 0 Å². The summed E-state index contributed by atoms with van der Waals surface area (Å²) in [6, 6.07) is 29.8. The first-order valence-electron chi connectivity index (χ1n) is 17.5. The van der Waals surface area contributed by atoms with E-state index in [1.54, 1.807) is 12.1 Å². The summed E-state index contributed by atoms with van der Waals surface area (Å²) in [4.78, 5) is 26.8. The molecule has 4 aromatic carbocycles. The summed E-state index contributed by atoms with van der Waals surface area (Å²) < 4.78 is 8.45. The lowest BCUT2D eigenvalue weighted by atomic mass is 9.91. The third-order valence-electron chi connectivity index (χ3n) is 10.4. The number of benzene rings is 4. The number of hydrogen-bond donors (Lipinski definition) is 4. The van der Waals surface area contributed by atoms with E-state index in [1.165, 1.54) is 6.07 Å². The van der Waals surface area contributed by atoms with Gasteiger partial charge in [-0.25, -0.2) is 0 Å². The van der Waals surface area contributed by atoms with Gasteiger partial charge in [-0.3, -0.25) is 9.59 Å². The second-order valence-electron chi connectivity index (χ2n) is 13.5. The number of aromatic nitrogens is 1. The highest BCUT2D eigenvalue weighted by Gasteiger charge is 2.36. The van der Waals surface area contributed by atoms with Gasteiger partial charge >= 0.3 is 5.97 Å². The number of rotatable bonds is 13. The van der Waals surface area contributed by atoms with Crippen LogP contribution in [0, 0.1) is 0 Å². The fourth-order valence-electron chi connectivity index (χ4n) is 7.70. The number of esters is 1. The largest absolute Gasteiger partial charge is 0.506 e. The maximum absolute atomic E-state index is 13.5. The lowest BCUT2D eigenvalue weighted by Gasteiger charge is -2.34. The zero-order chi connectivity index (χ0) is 34.6. The number of amides is 1. The number of ether oxygens (including phenoxy) is 1. The van der Waals surface area contributed by atoms with Crippen molar-refractivity contribution >= 4 is 34.7 Å². The summed E-state index contributed by atoms with van der Waals surface area (Å²) >= 11 is 0. The molecule has 1 amide bonds. The Bertz CT molecular complexity index is 1940. The fourth-order valence-corrected chi connectivity index (χ4v) is 7.70. The van der Waals surface area contributed by atoms with E-state index < -0.39 is 6.10 Å². The molecule has 1 saturated carbocycles. The number of nitrogens with zero attached hydrogens (tertiary/aromatic N) is 2. The maximum atomic E-state index is 13.5. The van der Waals surface area contributed by atoms with Crippen molar-refractivity contribution in [1.82, 2.24) is 9.47 Å². The molecule has 0 aliphatic heterocycles. The number of aliphatic hydroxyl groups excluding tert-OH is 1. The number of fused-ring (bicyclic) bond motifs is 4. The minimum Gasteiger partial charge on any atom is -0.506 e. The van der Waals surface area contributed by atoms with Crippen LogP contribution in [-0.2, 0) is 20.9 Å². The van der Waals surface area contributed by atoms with Crippen molar-refractivity contribution in [2.45, 2.75) is 62.8 Å². The maximum Gasteiger partial charge on any atom is 0.318 e. The molecule has 9 heteroatoms. The SMILES string of the molecule is CN(CCCn1ccc2cc(NC[C@H](O)c3ccc(O)c(NC=O)c3)ccc21)C1CCC(OC(=O)C2c3ccccc3-c3ccccc32)CC1. The molecule has 0 saturated heterocycles. The minimum atomic E-state index is -0.821. The number of nitrogens with one attached hydrogen (secondary N) is 2. The van der Waals surface area contributed by atoms with Crippen molar-refractivity contribution in [3.05, 3.63) is 114 Å². The fraction of sp³-hybridized carbons (Fsp3) is 0.317. The average molecular weight is 673 g/mol. The van der Waals surface area contributed by atoms with Gasteiger partial charge in [-0.1, -0.05) is 54.6 Å². The Morgan fingerprint density at radius 2 is 1.68 bits per heavy atom. The Balaban J connectivity index is 0.863. The number of hydrogen-bond acceptors (Lipinski definition) is 7. The minimum absolute atomic E-state index is 0.0349. The number of carbonyl (C=O) groups is 2. The third-order valence-corrected chi connectivity index (χ3v) is 10.4. The lowest BCUT2D eigenvalue weighted by Crippen LogP contribution is -2.38. The Hall–Kier alpha value is -5.12. The van der Waals surface area contributed by atoms with Gasteiger partial charge in [0.1, 0.15) is 17.8 Å². The zero-order valence-electron chi connectivity index (χ0n) is 28.3. The van der Waals surface area contributed by atoms with E-state index in [0.29, 0.717) is 18.0 Å². The molecule has 4 N–H and O–H groups in total. The number of phenolic OH excluding ortho intramolecular Hbond substituents is 1. The van der Waals surface area contributed by atoms with Crippen LogP contribution in [0.2, 0.25) is 0 Å². The smallest absolute Gasteiger partial charge is 0.318 e. The number of phenols is 1.